The topological polar surface area (TPSA) is 24.1 Å². The van der Waals surface area contributed by atoms with Crippen LogP contribution in [0.1, 0.15) is 38.2 Å². The maximum atomic E-state index is 5.47. The highest BCUT2D eigenvalue weighted by atomic mass is 32.1. The van der Waals surface area contributed by atoms with Crippen LogP contribution in [0.2, 0.25) is 0 Å². The molecule has 0 aliphatic heterocycles. The number of aryl methyl sites for hydroxylation is 1. The molecule has 2 N–H and O–H groups in total. The fourth-order valence-electron chi connectivity index (χ4n) is 4.09. The van der Waals surface area contributed by atoms with Crippen LogP contribution < -0.4 is 10.6 Å². The van der Waals surface area contributed by atoms with Gasteiger partial charge in [-0.05, 0) is 74.7 Å². The molecule has 3 rings (SSSR count). The van der Waals surface area contributed by atoms with Crippen LogP contribution in [0.25, 0.3) is 0 Å². The number of fused-ring (bicyclic) bond motifs is 2. The van der Waals surface area contributed by atoms with Crippen molar-refractivity contribution in [3.05, 3.63) is 29.8 Å². The molecule has 2 nitrogen and oxygen atoms in total. The molecule has 1 aromatic carbocycles. The number of thiocarbonyl (C=S) groups is 1. The van der Waals surface area contributed by atoms with Crippen molar-refractivity contribution in [2.24, 2.45) is 17.8 Å². The van der Waals surface area contributed by atoms with Crippen LogP contribution >= 0.6 is 12.2 Å². The lowest BCUT2D eigenvalue weighted by Gasteiger charge is -2.29. The number of rotatable bonds is 3. The zero-order chi connectivity index (χ0) is 14.1. The van der Waals surface area contributed by atoms with Crippen LogP contribution in [0.4, 0.5) is 5.69 Å². The highest BCUT2D eigenvalue weighted by molar-refractivity contribution is 7.80. The number of para-hydroxylation sites is 1. The molecule has 0 radical (unpaired) electrons. The maximum absolute atomic E-state index is 5.47. The Morgan fingerprint density at radius 3 is 2.70 bits per heavy atom. The quantitative estimate of drug-likeness (QED) is 0.819. The first-order chi connectivity index (χ1) is 9.63. The Labute approximate surface area is 127 Å². The van der Waals surface area contributed by atoms with Gasteiger partial charge in [-0.25, -0.2) is 0 Å². The van der Waals surface area contributed by atoms with Gasteiger partial charge < -0.3 is 10.6 Å². The fraction of sp³-hybridized carbons (Fsp3) is 0.588. The van der Waals surface area contributed by atoms with Gasteiger partial charge in [-0.15, -0.1) is 0 Å². The molecule has 2 fully saturated rings. The standard InChI is InChI=1S/C17H24N2S/c1-11-5-3-4-6-16(11)19-17(20)18-12(2)15-10-13-7-8-14(15)9-13/h3-6,12-15H,7-10H2,1-2H3,(H2,18,19,20). The van der Waals surface area contributed by atoms with Gasteiger partial charge in [0.25, 0.3) is 0 Å². The Balaban J connectivity index is 1.55. The second-order valence-electron chi connectivity index (χ2n) is 6.54. The van der Waals surface area contributed by atoms with Crippen molar-refractivity contribution in [1.29, 1.82) is 0 Å². The molecular weight excluding hydrogens is 264 g/mol. The summed E-state index contributed by atoms with van der Waals surface area (Å²) in [5, 5.41) is 7.59. The van der Waals surface area contributed by atoms with E-state index in [9.17, 15) is 0 Å². The molecule has 20 heavy (non-hydrogen) atoms. The van der Waals surface area contributed by atoms with Gasteiger partial charge in [0.2, 0.25) is 0 Å². The fourth-order valence-corrected chi connectivity index (χ4v) is 4.39. The Hall–Kier alpha value is -1.09. The summed E-state index contributed by atoms with van der Waals surface area (Å²) in [6.45, 7) is 4.39. The van der Waals surface area contributed by atoms with E-state index in [1.807, 2.05) is 6.07 Å². The molecule has 2 aliphatic carbocycles. The molecule has 1 aromatic rings. The van der Waals surface area contributed by atoms with Crippen molar-refractivity contribution < 1.29 is 0 Å². The molecule has 0 amide bonds. The van der Waals surface area contributed by atoms with Crippen LogP contribution in [0.3, 0.4) is 0 Å². The van der Waals surface area contributed by atoms with Crippen LogP contribution in [-0.2, 0) is 0 Å². The van der Waals surface area contributed by atoms with Gasteiger partial charge in [0.05, 0.1) is 0 Å². The van der Waals surface area contributed by atoms with Gasteiger partial charge >= 0.3 is 0 Å². The molecule has 0 saturated heterocycles. The number of anilines is 1. The summed E-state index contributed by atoms with van der Waals surface area (Å²) < 4.78 is 0. The Morgan fingerprint density at radius 1 is 1.25 bits per heavy atom. The molecule has 0 aromatic heterocycles. The lowest BCUT2D eigenvalue weighted by molar-refractivity contribution is 0.279. The van der Waals surface area contributed by atoms with Crippen molar-refractivity contribution in [3.8, 4) is 0 Å². The number of hydrogen-bond acceptors (Lipinski definition) is 1. The average molecular weight is 288 g/mol. The molecular formula is C17H24N2S. The first-order valence-corrected chi connectivity index (χ1v) is 8.17. The van der Waals surface area contributed by atoms with Gasteiger partial charge in [0, 0.05) is 11.7 Å². The van der Waals surface area contributed by atoms with Crippen LogP contribution in [-0.4, -0.2) is 11.2 Å². The predicted molar refractivity (Wildman–Crippen MR) is 88.9 cm³/mol. The summed E-state index contributed by atoms with van der Waals surface area (Å²) >= 11 is 5.47. The third-order valence-corrected chi connectivity index (χ3v) is 5.41. The van der Waals surface area contributed by atoms with Crippen molar-refractivity contribution in [2.75, 3.05) is 5.32 Å². The largest absolute Gasteiger partial charge is 0.360 e. The summed E-state index contributed by atoms with van der Waals surface area (Å²) in [6.07, 6.45) is 5.74. The minimum Gasteiger partial charge on any atom is -0.360 e. The lowest BCUT2D eigenvalue weighted by Crippen LogP contribution is -2.42. The first-order valence-electron chi connectivity index (χ1n) is 7.76. The van der Waals surface area contributed by atoms with E-state index >= 15 is 0 Å². The predicted octanol–water partition coefficient (Wildman–Crippen LogP) is 4.11. The van der Waals surface area contributed by atoms with Crippen LogP contribution in [0, 0.1) is 24.7 Å². The summed E-state index contributed by atoms with van der Waals surface area (Å²) in [7, 11) is 0. The maximum Gasteiger partial charge on any atom is 0.171 e. The second-order valence-corrected chi connectivity index (χ2v) is 6.95. The van der Waals surface area contributed by atoms with Crippen molar-refractivity contribution >= 4 is 23.0 Å². The van der Waals surface area contributed by atoms with Crippen molar-refractivity contribution in [3.63, 3.8) is 0 Å². The highest BCUT2D eigenvalue weighted by Crippen LogP contribution is 2.49. The molecule has 0 spiro atoms. The van der Waals surface area contributed by atoms with Gasteiger partial charge in [0.1, 0.15) is 0 Å². The van der Waals surface area contributed by atoms with Gasteiger partial charge in [0.15, 0.2) is 5.11 Å². The average Bonchev–Trinajstić information content (AvgIpc) is 3.03. The van der Waals surface area contributed by atoms with E-state index in [2.05, 4.69) is 42.7 Å². The number of hydrogen-bond donors (Lipinski definition) is 2. The van der Waals surface area contributed by atoms with Crippen molar-refractivity contribution in [1.82, 2.24) is 5.32 Å². The van der Waals surface area contributed by atoms with Crippen LogP contribution in [0.5, 0.6) is 0 Å². The molecule has 4 atom stereocenters. The van der Waals surface area contributed by atoms with E-state index in [4.69, 9.17) is 12.2 Å². The van der Waals surface area contributed by atoms with Crippen molar-refractivity contribution in [2.45, 2.75) is 45.6 Å². The lowest BCUT2D eigenvalue weighted by atomic mass is 9.84. The number of benzene rings is 1. The summed E-state index contributed by atoms with van der Waals surface area (Å²) in [4.78, 5) is 0. The van der Waals surface area contributed by atoms with E-state index in [1.165, 1.54) is 31.2 Å². The molecule has 0 heterocycles. The summed E-state index contributed by atoms with van der Waals surface area (Å²) in [5.74, 6) is 2.74. The second kappa shape index (κ2) is 5.72. The van der Waals surface area contributed by atoms with Gasteiger partial charge in [-0.2, -0.15) is 0 Å². The van der Waals surface area contributed by atoms with Gasteiger partial charge in [-0.3, -0.25) is 0 Å². The van der Waals surface area contributed by atoms with E-state index in [-0.39, 0.29) is 0 Å². The van der Waals surface area contributed by atoms with E-state index in [0.717, 1.165) is 28.6 Å². The molecule has 2 saturated carbocycles. The highest BCUT2D eigenvalue weighted by Gasteiger charge is 2.41. The van der Waals surface area contributed by atoms with Crippen LogP contribution in [0.15, 0.2) is 24.3 Å². The monoisotopic (exact) mass is 288 g/mol. The number of nitrogens with one attached hydrogen (secondary N) is 2. The Morgan fingerprint density at radius 2 is 2.05 bits per heavy atom. The Kier molecular flexibility index (Phi) is 3.97. The molecule has 4 unspecified atom stereocenters. The molecule has 3 heteroatoms. The zero-order valence-corrected chi connectivity index (χ0v) is 13.2. The third-order valence-electron chi connectivity index (χ3n) is 5.19. The molecule has 2 aliphatic rings. The summed E-state index contributed by atoms with van der Waals surface area (Å²) in [6, 6.07) is 8.75. The van der Waals surface area contributed by atoms with Gasteiger partial charge in [-0.1, -0.05) is 24.6 Å². The van der Waals surface area contributed by atoms with E-state index in [1.54, 1.807) is 0 Å². The zero-order valence-electron chi connectivity index (χ0n) is 12.4. The normalized spacial score (nSPS) is 29.2. The minimum atomic E-state index is 0.481. The smallest absolute Gasteiger partial charge is 0.171 e. The molecule has 108 valence electrons. The van der Waals surface area contributed by atoms with E-state index < -0.39 is 0 Å². The third kappa shape index (κ3) is 2.83. The SMILES string of the molecule is Cc1ccccc1NC(=S)NC(C)C1CC2CCC1C2. The first kappa shape index (κ1) is 13.9. The minimum absolute atomic E-state index is 0.481. The molecule has 2 bridgehead atoms. The Bertz CT molecular complexity index is 500. The summed E-state index contributed by atoms with van der Waals surface area (Å²) in [5.41, 5.74) is 2.33. The van der Waals surface area contributed by atoms with E-state index in [0.29, 0.717) is 6.04 Å².